The lowest BCUT2D eigenvalue weighted by molar-refractivity contribution is 0.00382. The van der Waals surface area contributed by atoms with Crippen molar-refractivity contribution < 1.29 is 13.9 Å². The van der Waals surface area contributed by atoms with Crippen LogP contribution in [0.15, 0.2) is 28.7 Å². The number of benzene rings is 1. The minimum Gasteiger partial charge on any atom is -0.454 e. The van der Waals surface area contributed by atoms with Crippen molar-refractivity contribution >= 4 is 39.5 Å². The first-order valence-corrected chi connectivity index (χ1v) is 6.35. The third-order valence-corrected chi connectivity index (χ3v) is 2.75. The van der Waals surface area contributed by atoms with Crippen LogP contribution in [0.3, 0.4) is 0 Å². The van der Waals surface area contributed by atoms with Gasteiger partial charge in [-0.25, -0.2) is 4.79 Å². The molecule has 0 aliphatic carbocycles. The number of carbonyl (C=O) groups is 1. The Morgan fingerprint density at radius 3 is 2.65 bits per heavy atom. The number of hydrogen-bond acceptors (Lipinski definition) is 3. The van der Waals surface area contributed by atoms with Crippen LogP contribution >= 0.6 is 22.6 Å². The number of hydrogen-bond donors (Lipinski definition) is 0. The zero-order chi connectivity index (χ0) is 12.6. The molecule has 0 bridgehead atoms. The number of fused-ring (bicyclic) bond motifs is 1. The van der Waals surface area contributed by atoms with E-state index in [1.54, 1.807) is 6.07 Å². The summed E-state index contributed by atoms with van der Waals surface area (Å²) >= 11 is 2.20. The first kappa shape index (κ1) is 12.4. The Bertz CT molecular complexity index is 564. The smallest absolute Gasteiger partial charge is 0.374 e. The molecule has 0 spiro atoms. The fraction of sp³-hybridized carbons (Fsp3) is 0.308. The van der Waals surface area contributed by atoms with Crippen LogP contribution in [-0.2, 0) is 4.74 Å². The maximum Gasteiger partial charge on any atom is 0.374 e. The van der Waals surface area contributed by atoms with Crippen molar-refractivity contribution in [2.75, 3.05) is 0 Å². The van der Waals surface area contributed by atoms with Crippen LogP contribution in [0, 0.1) is 3.57 Å². The monoisotopic (exact) mass is 344 g/mol. The van der Waals surface area contributed by atoms with Gasteiger partial charge in [0.1, 0.15) is 11.2 Å². The fourth-order valence-electron chi connectivity index (χ4n) is 1.43. The molecular formula is C13H13IO3. The maximum absolute atomic E-state index is 11.8. The second-order valence-electron chi connectivity index (χ2n) is 4.79. The Labute approximate surface area is 113 Å². The second-order valence-corrected chi connectivity index (χ2v) is 6.04. The summed E-state index contributed by atoms with van der Waals surface area (Å²) in [5.74, 6) is -0.180. The molecule has 17 heavy (non-hydrogen) atoms. The van der Waals surface area contributed by atoms with Crippen LogP contribution in [0.4, 0.5) is 0 Å². The fourth-order valence-corrected chi connectivity index (χ4v) is 1.90. The van der Waals surface area contributed by atoms with Gasteiger partial charge in [-0.15, -0.1) is 0 Å². The molecule has 0 aliphatic rings. The Balaban J connectivity index is 2.33. The Kier molecular flexibility index (Phi) is 3.16. The van der Waals surface area contributed by atoms with Gasteiger partial charge >= 0.3 is 5.97 Å². The van der Waals surface area contributed by atoms with E-state index in [4.69, 9.17) is 9.15 Å². The summed E-state index contributed by atoms with van der Waals surface area (Å²) in [5.41, 5.74) is 0.197. The molecule has 2 rings (SSSR count). The van der Waals surface area contributed by atoms with Gasteiger partial charge in [-0.3, -0.25) is 0 Å². The molecule has 3 nitrogen and oxygen atoms in total. The zero-order valence-electron chi connectivity index (χ0n) is 9.91. The molecule has 0 fully saturated rings. The summed E-state index contributed by atoms with van der Waals surface area (Å²) < 4.78 is 11.8. The highest BCUT2D eigenvalue weighted by Crippen LogP contribution is 2.23. The summed E-state index contributed by atoms with van der Waals surface area (Å²) in [4.78, 5) is 11.8. The Morgan fingerprint density at radius 2 is 2.00 bits per heavy atom. The van der Waals surface area contributed by atoms with Crippen molar-refractivity contribution in [1.29, 1.82) is 0 Å². The number of carbonyl (C=O) groups excluding carboxylic acids is 1. The van der Waals surface area contributed by atoms with E-state index in [0.29, 0.717) is 5.58 Å². The number of furan rings is 1. The average Bonchev–Trinajstić information content (AvgIpc) is 2.57. The number of ether oxygens (including phenoxy) is 1. The molecule has 90 valence electrons. The quantitative estimate of drug-likeness (QED) is 0.580. The first-order valence-electron chi connectivity index (χ1n) is 5.27. The molecular weight excluding hydrogens is 331 g/mol. The van der Waals surface area contributed by atoms with E-state index in [9.17, 15) is 4.79 Å². The topological polar surface area (TPSA) is 39.4 Å². The van der Waals surface area contributed by atoms with Crippen LogP contribution in [0.5, 0.6) is 0 Å². The van der Waals surface area contributed by atoms with E-state index in [0.717, 1.165) is 8.96 Å². The molecule has 1 aromatic heterocycles. The maximum atomic E-state index is 11.8. The van der Waals surface area contributed by atoms with Crippen LogP contribution in [0.25, 0.3) is 11.0 Å². The number of halogens is 1. The second kappa shape index (κ2) is 4.33. The van der Waals surface area contributed by atoms with Crippen molar-refractivity contribution in [2.24, 2.45) is 0 Å². The lowest BCUT2D eigenvalue weighted by atomic mass is 10.2. The van der Waals surface area contributed by atoms with Crippen molar-refractivity contribution in [3.8, 4) is 0 Å². The summed E-state index contributed by atoms with van der Waals surface area (Å²) in [5, 5.41) is 0.909. The molecule has 0 aliphatic heterocycles. The summed E-state index contributed by atoms with van der Waals surface area (Å²) in [6, 6.07) is 7.50. The van der Waals surface area contributed by atoms with Gasteiger partial charge in [-0.2, -0.15) is 0 Å². The van der Waals surface area contributed by atoms with Crippen molar-refractivity contribution in [3.05, 3.63) is 33.6 Å². The van der Waals surface area contributed by atoms with Crippen molar-refractivity contribution in [3.63, 3.8) is 0 Å². The molecule has 2 aromatic rings. The third kappa shape index (κ3) is 3.00. The third-order valence-electron chi connectivity index (χ3n) is 2.08. The predicted molar refractivity (Wildman–Crippen MR) is 74.1 cm³/mol. The summed E-state index contributed by atoms with van der Waals surface area (Å²) in [7, 11) is 0. The molecule has 1 aromatic carbocycles. The van der Waals surface area contributed by atoms with Gasteiger partial charge in [0.2, 0.25) is 5.76 Å². The standard InChI is InChI=1S/C13H13IO3/c1-13(2,3)17-12(15)11-6-8-4-5-9(14)7-10(8)16-11/h4-7H,1-3H3. The van der Waals surface area contributed by atoms with Crippen molar-refractivity contribution in [2.45, 2.75) is 26.4 Å². The predicted octanol–water partition coefficient (Wildman–Crippen LogP) is 3.99. The Morgan fingerprint density at radius 1 is 1.29 bits per heavy atom. The molecule has 0 atom stereocenters. The minimum atomic E-state index is -0.509. The lowest BCUT2D eigenvalue weighted by Crippen LogP contribution is -2.23. The van der Waals surface area contributed by atoms with E-state index >= 15 is 0 Å². The van der Waals surface area contributed by atoms with Crippen LogP contribution in [0.2, 0.25) is 0 Å². The SMILES string of the molecule is CC(C)(C)OC(=O)c1cc2ccc(I)cc2o1. The van der Waals surface area contributed by atoms with Crippen LogP contribution < -0.4 is 0 Å². The molecule has 0 saturated heterocycles. The lowest BCUT2D eigenvalue weighted by Gasteiger charge is -2.18. The molecule has 1 heterocycles. The Hall–Kier alpha value is -1.04. The van der Waals surface area contributed by atoms with Gasteiger partial charge in [-0.05, 0) is 61.6 Å². The van der Waals surface area contributed by atoms with E-state index in [1.165, 1.54) is 0 Å². The molecule has 0 amide bonds. The summed E-state index contributed by atoms with van der Waals surface area (Å²) in [6.07, 6.45) is 0. The van der Waals surface area contributed by atoms with Gasteiger partial charge in [-0.1, -0.05) is 6.07 Å². The van der Waals surface area contributed by atoms with Crippen molar-refractivity contribution in [1.82, 2.24) is 0 Å². The van der Waals surface area contributed by atoms with E-state index in [2.05, 4.69) is 22.6 Å². The minimum absolute atomic E-state index is 0.247. The van der Waals surface area contributed by atoms with E-state index < -0.39 is 11.6 Å². The van der Waals surface area contributed by atoms with Gasteiger partial charge in [0, 0.05) is 8.96 Å². The normalized spacial score (nSPS) is 11.8. The van der Waals surface area contributed by atoms with Crippen LogP contribution in [0.1, 0.15) is 31.3 Å². The van der Waals surface area contributed by atoms with Gasteiger partial charge in [0.15, 0.2) is 0 Å². The zero-order valence-corrected chi connectivity index (χ0v) is 12.1. The molecule has 0 N–H and O–H groups in total. The molecule has 0 saturated carbocycles. The van der Waals surface area contributed by atoms with E-state index in [1.807, 2.05) is 39.0 Å². The summed E-state index contributed by atoms with van der Waals surface area (Å²) in [6.45, 7) is 5.49. The number of rotatable bonds is 1. The van der Waals surface area contributed by atoms with Crippen LogP contribution in [-0.4, -0.2) is 11.6 Å². The highest BCUT2D eigenvalue weighted by atomic mass is 127. The van der Waals surface area contributed by atoms with Gasteiger partial charge in [0.05, 0.1) is 0 Å². The van der Waals surface area contributed by atoms with Gasteiger partial charge in [0.25, 0.3) is 0 Å². The molecule has 4 heteroatoms. The number of esters is 1. The van der Waals surface area contributed by atoms with E-state index in [-0.39, 0.29) is 5.76 Å². The first-order chi connectivity index (χ1) is 7.85. The highest BCUT2D eigenvalue weighted by molar-refractivity contribution is 14.1. The highest BCUT2D eigenvalue weighted by Gasteiger charge is 2.21. The van der Waals surface area contributed by atoms with Gasteiger partial charge < -0.3 is 9.15 Å². The molecule has 0 radical (unpaired) electrons. The average molecular weight is 344 g/mol. The largest absolute Gasteiger partial charge is 0.454 e. The molecule has 0 unspecified atom stereocenters.